The van der Waals surface area contributed by atoms with Crippen LogP contribution in [0.4, 0.5) is 8.78 Å². The molecule has 0 aromatic heterocycles. The molecule has 0 fully saturated rings. The van der Waals surface area contributed by atoms with E-state index in [0.29, 0.717) is 0 Å². The SMILES string of the molecule is CC(C)(/C(N)=N/O)C(F)F. The first-order valence-electron chi connectivity index (χ1n) is 2.69. The van der Waals surface area contributed by atoms with E-state index < -0.39 is 17.7 Å². The van der Waals surface area contributed by atoms with Crippen molar-refractivity contribution in [3.8, 4) is 0 Å². The van der Waals surface area contributed by atoms with Crippen LogP contribution in [0.3, 0.4) is 0 Å². The van der Waals surface area contributed by atoms with Crippen LogP contribution in [-0.2, 0) is 0 Å². The number of nitrogens with two attached hydrogens (primary N) is 1. The van der Waals surface area contributed by atoms with Crippen molar-refractivity contribution in [2.24, 2.45) is 16.3 Å². The van der Waals surface area contributed by atoms with Crippen molar-refractivity contribution < 1.29 is 14.0 Å². The predicted molar refractivity (Wildman–Crippen MR) is 33.2 cm³/mol. The minimum absolute atomic E-state index is 0.456. The Morgan fingerprint density at radius 1 is 1.60 bits per heavy atom. The van der Waals surface area contributed by atoms with Crippen LogP contribution in [0, 0.1) is 5.41 Å². The van der Waals surface area contributed by atoms with Gasteiger partial charge in [0.2, 0.25) is 0 Å². The third kappa shape index (κ3) is 1.55. The molecule has 0 aliphatic carbocycles. The van der Waals surface area contributed by atoms with Gasteiger partial charge in [-0.1, -0.05) is 5.16 Å². The molecule has 60 valence electrons. The number of alkyl halides is 2. The molecule has 0 radical (unpaired) electrons. The lowest BCUT2D eigenvalue weighted by molar-refractivity contribution is 0.0601. The van der Waals surface area contributed by atoms with Gasteiger partial charge in [0.15, 0.2) is 5.84 Å². The molecule has 0 aromatic rings. The summed E-state index contributed by atoms with van der Waals surface area (Å²) >= 11 is 0. The Kier molecular flexibility index (Phi) is 2.56. The molecule has 0 spiro atoms. The number of halogens is 2. The second kappa shape index (κ2) is 2.81. The highest BCUT2D eigenvalue weighted by Gasteiger charge is 2.34. The lowest BCUT2D eigenvalue weighted by Crippen LogP contribution is -2.37. The highest BCUT2D eigenvalue weighted by atomic mass is 19.3. The molecule has 0 aromatic carbocycles. The lowest BCUT2D eigenvalue weighted by Gasteiger charge is -2.20. The van der Waals surface area contributed by atoms with Gasteiger partial charge in [-0.05, 0) is 13.8 Å². The predicted octanol–water partition coefficient (Wildman–Crippen LogP) is 1.02. The maximum absolute atomic E-state index is 12.0. The average Bonchev–Trinajstić information content (AvgIpc) is 1.86. The summed E-state index contributed by atoms with van der Waals surface area (Å²) in [5, 5.41) is 10.5. The van der Waals surface area contributed by atoms with Crippen LogP contribution in [0.25, 0.3) is 0 Å². The Balaban J connectivity index is 4.40. The van der Waals surface area contributed by atoms with Crippen molar-refractivity contribution in [2.75, 3.05) is 0 Å². The highest BCUT2D eigenvalue weighted by molar-refractivity contribution is 5.85. The van der Waals surface area contributed by atoms with Crippen LogP contribution in [0.2, 0.25) is 0 Å². The number of hydrogen-bond donors (Lipinski definition) is 2. The van der Waals surface area contributed by atoms with Gasteiger partial charge in [0, 0.05) is 0 Å². The molecule has 0 heterocycles. The number of amidine groups is 1. The van der Waals surface area contributed by atoms with Crippen molar-refractivity contribution in [1.29, 1.82) is 0 Å². The van der Waals surface area contributed by atoms with Gasteiger partial charge in [0.1, 0.15) is 0 Å². The normalized spacial score (nSPS) is 14.3. The van der Waals surface area contributed by atoms with Gasteiger partial charge >= 0.3 is 0 Å². The maximum Gasteiger partial charge on any atom is 0.250 e. The fourth-order valence-electron chi connectivity index (χ4n) is 0.241. The highest BCUT2D eigenvalue weighted by Crippen LogP contribution is 2.24. The third-order valence-corrected chi connectivity index (χ3v) is 1.31. The monoisotopic (exact) mass is 152 g/mol. The molecule has 5 heteroatoms. The third-order valence-electron chi connectivity index (χ3n) is 1.31. The number of nitrogens with zero attached hydrogens (tertiary/aromatic N) is 1. The first-order chi connectivity index (χ1) is 4.42. The van der Waals surface area contributed by atoms with Crippen molar-refractivity contribution in [2.45, 2.75) is 20.3 Å². The molecule has 0 aliphatic heterocycles. The summed E-state index contributed by atoms with van der Waals surface area (Å²) in [4.78, 5) is 0. The Bertz CT molecular complexity index is 145. The van der Waals surface area contributed by atoms with E-state index in [2.05, 4.69) is 5.16 Å². The fourth-order valence-corrected chi connectivity index (χ4v) is 0.241. The Morgan fingerprint density at radius 3 is 2.10 bits per heavy atom. The van der Waals surface area contributed by atoms with Crippen molar-refractivity contribution in [3.05, 3.63) is 0 Å². The second-order valence-corrected chi connectivity index (χ2v) is 2.51. The number of hydrogen-bond acceptors (Lipinski definition) is 2. The van der Waals surface area contributed by atoms with Gasteiger partial charge in [-0.25, -0.2) is 8.78 Å². The number of oxime groups is 1. The van der Waals surface area contributed by atoms with E-state index in [1.165, 1.54) is 13.8 Å². The summed E-state index contributed by atoms with van der Waals surface area (Å²) in [5.41, 5.74) is 3.42. The van der Waals surface area contributed by atoms with Gasteiger partial charge in [-0.3, -0.25) is 0 Å². The van der Waals surface area contributed by atoms with E-state index in [1.54, 1.807) is 0 Å². The standard InChI is InChI=1S/C5H10F2N2O/c1-5(2,3(6)7)4(8)9-10/h3,10H,1-2H3,(H2,8,9). The molecule has 0 rings (SSSR count). The van der Waals surface area contributed by atoms with Crippen LogP contribution in [0.1, 0.15) is 13.8 Å². The molecule has 3 N–H and O–H groups in total. The van der Waals surface area contributed by atoms with E-state index in [0.717, 1.165) is 0 Å². The van der Waals surface area contributed by atoms with Crippen LogP contribution in [-0.4, -0.2) is 17.5 Å². The van der Waals surface area contributed by atoms with E-state index >= 15 is 0 Å². The van der Waals surface area contributed by atoms with Crippen LogP contribution in [0.15, 0.2) is 5.16 Å². The van der Waals surface area contributed by atoms with Gasteiger partial charge in [0.25, 0.3) is 6.43 Å². The lowest BCUT2D eigenvalue weighted by atomic mass is 9.93. The Morgan fingerprint density at radius 2 is 2.00 bits per heavy atom. The number of rotatable bonds is 2. The minimum Gasteiger partial charge on any atom is -0.409 e. The molecule has 0 aliphatic rings. The zero-order valence-corrected chi connectivity index (χ0v) is 5.81. The zero-order valence-electron chi connectivity index (χ0n) is 5.81. The fraction of sp³-hybridized carbons (Fsp3) is 0.800. The van der Waals surface area contributed by atoms with Crippen molar-refractivity contribution >= 4 is 5.84 Å². The molecule has 0 saturated carbocycles. The first-order valence-corrected chi connectivity index (χ1v) is 2.69. The molecule has 0 saturated heterocycles. The largest absolute Gasteiger partial charge is 0.409 e. The smallest absolute Gasteiger partial charge is 0.250 e. The molecule has 0 unspecified atom stereocenters. The summed E-state index contributed by atoms with van der Waals surface area (Å²) in [5.74, 6) is -0.456. The van der Waals surface area contributed by atoms with E-state index in [9.17, 15) is 8.78 Å². The first kappa shape index (κ1) is 9.13. The molecule has 0 bridgehead atoms. The van der Waals surface area contributed by atoms with Crippen molar-refractivity contribution in [3.63, 3.8) is 0 Å². The Labute approximate surface area is 57.5 Å². The van der Waals surface area contributed by atoms with Crippen LogP contribution >= 0.6 is 0 Å². The summed E-state index contributed by atoms with van der Waals surface area (Å²) in [6.45, 7) is 2.40. The Hall–Kier alpha value is -0.870. The summed E-state index contributed by atoms with van der Waals surface area (Å²) < 4.78 is 24.0. The van der Waals surface area contributed by atoms with Gasteiger partial charge < -0.3 is 10.9 Å². The maximum atomic E-state index is 12.0. The topological polar surface area (TPSA) is 58.6 Å². The molecule has 10 heavy (non-hydrogen) atoms. The summed E-state index contributed by atoms with van der Waals surface area (Å²) in [6, 6.07) is 0. The van der Waals surface area contributed by atoms with E-state index in [-0.39, 0.29) is 0 Å². The van der Waals surface area contributed by atoms with Crippen molar-refractivity contribution in [1.82, 2.24) is 0 Å². The van der Waals surface area contributed by atoms with Crippen LogP contribution in [0.5, 0.6) is 0 Å². The molecule has 0 atom stereocenters. The van der Waals surface area contributed by atoms with Gasteiger partial charge in [-0.2, -0.15) is 0 Å². The average molecular weight is 152 g/mol. The molecule has 0 amide bonds. The van der Waals surface area contributed by atoms with Crippen LogP contribution < -0.4 is 5.73 Å². The van der Waals surface area contributed by atoms with E-state index in [4.69, 9.17) is 10.9 Å². The van der Waals surface area contributed by atoms with E-state index in [1.807, 2.05) is 0 Å². The van der Waals surface area contributed by atoms with Gasteiger partial charge in [-0.15, -0.1) is 0 Å². The second-order valence-electron chi connectivity index (χ2n) is 2.51. The quantitative estimate of drug-likeness (QED) is 0.268. The summed E-state index contributed by atoms with van der Waals surface area (Å²) in [6.07, 6.45) is -2.62. The molecule has 3 nitrogen and oxygen atoms in total. The summed E-state index contributed by atoms with van der Waals surface area (Å²) in [7, 11) is 0. The molecular formula is C5H10F2N2O. The minimum atomic E-state index is -2.62. The van der Waals surface area contributed by atoms with Gasteiger partial charge in [0.05, 0.1) is 5.41 Å². The molecular weight excluding hydrogens is 142 g/mol. The zero-order chi connectivity index (χ0) is 8.36.